The topological polar surface area (TPSA) is 64.6 Å². The van der Waals surface area contributed by atoms with Crippen LogP contribution in [0.25, 0.3) is 0 Å². The number of anilines is 1. The first kappa shape index (κ1) is 15.1. The number of carbonyl (C=O) groups excluding carboxylic acids is 2. The van der Waals surface area contributed by atoms with Crippen molar-refractivity contribution >= 4 is 17.6 Å². The highest BCUT2D eigenvalue weighted by molar-refractivity contribution is 5.99. The molecule has 21 heavy (non-hydrogen) atoms. The summed E-state index contributed by atoms with van der Waals surface area (Å²) in [5.41, 5.74) is -1.84. The van der Waals surface area contributed by atoms with Crippen LogP contribution < -0.4 is 5.32 Å². The zero-order valence-electron chi connectivity index (χ0n) is 11.0. The second kappa shape index (κ2) is 5.63. The van der Waals surface area contributed by atoms with Crippen molar-refractivity contribution in [3.05, 3.63) is 29.3 Å². The number of hydrogen-bond donors (Lipinski definition) is 1. The van der Waals surface area contributed by atoms with Crippen molar-refractivity contribution in [3.63, 3.8) is 0 Å². The van der Waals surface area contributed by atoms with Crippen LogP contribution in [-0.2, 0) is 20.4 Å². The van der Waals surface area contributed by atoms with Crippen LogP contribution in [0.5, 0.6) is 0 Å². The predicted octanol–water partition coefficient (Wildman–Crippen LogP) is 2.22. The highest BCUT2D eigenvalue weighted by atomic mass is 19.4. The summed E-state index contributed by atoms with van der Waals surface area (Å²) in [5.74, 6) is -1.83. The van der Waals surface area contributed by atoms with Gasteiger partial charge in [0.2, 0.25) is 0 Å². The number of alkyl halides is 3. The first-order chi connectivity index (χ1) is 9.84. The second-order valence-electron chi connectivity index (χ2n) is 4.27. The van der Waals surface area contributed by atoms with Crippen LogP contribution in [0.15, 0.2) is 18.2 Å². The Hall–Kier alpha value is -2.25. The highest BCUT2D eigenvalue weighted by Crippen LogP contribution is 2.36. The van der Waals surface area contributed by atoms with Gasteiger partial charge in [-0.05, 0) is 19.1 Å². The molecule has 1 atom stereocenters. The smallest absolute Gasteiger partial charge is 0.417 e. The Morgan fingerprint density at radius 2 is 2.19 bits per heavy atom. The van der Waals surface area contributed by atoms with Crippen LogP contribution in [0.3, 0.4) is 0 Å². The van der Waals surface area contributed by atoms with E-state index in [-0.39, 0.29) is 12.3 Å². The Morgan fingerprint density at radius 3 is 2.81 bits per heavy atom. The predicted molar refractivity (Wildman–Crippen MR) is 65.8 cm³/mol. The minimum absolute atomic E-state index is 0.106. The summed E-state index contributed by atoms with van der Waals surface area (Å²) in [6, 6.07) is 2.17. The SMILES string of the molecule is CCOC(=O)C1COC(=O)c2c(cccc2C(F)(F)F)N1. The number of nitrogens with one attached hydrogen (secondary N) is 1. The van der Waals surface area contributed by atoms with Crippen molar-refractivity contribution in [1.82, 2.24) is 0 Å². The van der Waals surface area contributed by atoms with Crippen LogP contribution in [-0.4, -0.2) is 31.2 Å². The van der Waals surface area contributed by atoms with E-state index in [4.69, 9.17) is 9.47 Å². The molecule has 0 amide bonds. The van der Waals surface area contributed by atoms with Crippen molar-refractivity contribution in [2.45, 2.75) is 19.1 Å². The number of fused-ring (bicyclic) bond motifs is 1. The van der Waals surface area contributed by atoms with Gasteiger partial charge in [0, 0.05) is 0 Å². The number of esters is 2. The molecule has 5 nitrogen and oxygen atoms in total. The summed E-state index contributed by atoms with van der Waals surface area (Å²) in [5, 5.41) is 2.57. The average Bonchev–Trinajstić information content (AvgIpc) is 2.57. The van der Waals surface area contributed by atoms with Crippen LogP contribution in [0.4, 0.5) is 18.9 Å². The van der Waals surface area contributed by atoms with Gasteiger partial charge in [0.15, 0.2) is 6.04 Å². The fourth-order valence-electron chi connectivity index (χ4n) is 1.96. The normalized spacial score (nSPS) is 18.1. The molecule has 114 valence electrons. The molecule has 0 radical (unpaired) electrons. The summed E-state index contributed by atoms with van der Waals surface area (Å²) in [4.78, 5) is 23.4. The highest BCUT2D eigenvalue weighted by Gasteiger charge is 2.39. The molecule has 1 N–H and O–H groups in total. The molecule has 0 spiro atoms. The molecule has 1 aromatic carbocycles. The van der Waals surface area contributed by atoms with Gasteiger partial charge in [-0.25, -0.2) is 9.59 Å². The fraction of sp³-hybridized carbons (Fsp3) is 0.385. The molecule has 1 aromatic rings. The van der Waals surface area contributed by atoms with Crippen LogP contribution in [0, 0.1) is 0 Å². The Kier molecular flexibility index (Phi) is 4.06. The standard InChI is InChI=1S/C13H12F3NO4/c1-2-20-11(18)9-6-21-12(19)10-7(13(14,15)16)4-3-5-8(10)17-9/h3-5,9,17H,2,6H2,1H3. The Morgan fingerprint density at radius 1 is 1.48 bits per heavy atom. The van der Waals surface area contributed by atoms with E-state index in [9.17, 15) is 22.8 Å². The van der Waals surface area contributed by atoms with Crippen LogP contribution >= 0.6 is 0 Å². The van der Waals surface area contributed by atoms with Crippen molar-refractivity contribution in [3.8, 4) is 0 Å². The summed E-state index contributed by atoms with van der Waals surface area (Å²) < 4.78 is 48.3. The van der Waals surface area contributed by atoms with Crippen LogP contribution in [0.2, 0.25) is 0 Å². The van der Waals surface area contributed by atoms with E-state index < -0.39 is 41.9 Å². The van der Waals surface area contributed by atoms with Gasteiger partial charge in [-0.2, -0.15) is 13.2 Å². The number of rotatable bonds is 2. The summed E-state index contributed by atoms with van der Waals surface area (Å²) in [6.07, 6.45) is -4.70. The lowest BCUT2D eigenvalue weighted by Crippen LogP contribution is -2.34. The molecule has 2 rings (SSSR count). The van der Waals surface area contributed by atoms with Gasteiger partial charge in [-0.15, -0.1) is 0 Å². The molecule has 0 saturated heterocycles. The lowest BCUT2D eigenvalue weighted by molar-refractivity contribution is -0.145. The third kappa shape index (κ3) is 3.09. The molecule has 0 fully saturated rings. The molecule has 1 aliphatic rings. The van der Waals surface area contributed by atoms with Crippen molar-refractivity contribution in [2.75, 3.05) is 18.5 Å². The minimum atomic E-state index is -4.70. The lowest BCUT2D eigenvalue weighted by Gasteiger charge is -2.16. The number of cyclic esters (lactones) is 1. The monoisotopic (exact) mass is 303 g/mol. The van der Waals surface area contributed by atoms with Crippen molar-refractivity contribution < 1.29 is 32.2 Å². The zero-order chi connectivity index (χ0) is 15.6. The Bertz CT molecular complexity index is 571. The average molecular weight is 303 g/mol. The molecule has 1 aliphatic heterocycles. The quantitative estimate of drug-likeness (QED) is 0.849. The summed E-state index contributed by atoms with van der Waals surface area (Å²) in [7, 11) is 0. The van der Waals surface area contributed by atoms with Gasteiger partial charge < -0.3 is 14.8 Å². The first-order valence-electron chi connectivity index (χ1n) is 6.15. The van der Waals surface area contributed by atoms with E-state index in [0.29, 0.717) is 0 Å². The Labute approximate surface area is 118 Å². The molecule has 1 unspecified atom stereocenters. The number of benzene rings is 1. The van der Waals surface area contributed by atoms with E-state index >= 15 is 0 Å². The first-order valence-corrected chi connectivity index (χ1v) is 6.15. The van der Waals surface area contributed by atoms with E-state index in [0.717, 1.165) is 12.1 Å². The van der Waals surface area contributed by atoms with Gasteiger partial charge in [-0.3, -0.25) is 0 Å². The van der Waals surface area contributed by atoms with E-state index in [1.165, 1.54) is 6.07 Å². The summed E-state index contributed by atoms with van der Waals surface area (Å²) in [6.45, 7) is 1.31. The second-order valence-corrected chi connectivity index (χ2v) is 4.27. The third-order valence-electron chi connectivity index (χ3n) is 2.86. The lowest BCUT2D eigenvalue weighted by atomic mass is 10.0. The van der Waals surface area contributed by atoms with Crippen LogP contribution in [0.1, 0.15) is 22.8 Å². The van der Waals surface area contributed by atoms with Gasteiger partial charge in [-0.1, -0.05) is 6.07 Å². The van der Waals surface area contributed by atoms with E-state index in [1.807, 2.05) is 0 Å². The minimum Gasteiger partial charge on any atom is -0.464 e. The number of ether oxygens (including phenoxy) is 2. The molecular formula is C13H12F3NO4. The van der Waals surface area contributed by atoms with Gasteiger partial charge in [0.1, 0.15) is 6.61 Å². The maximum Gasteiger partial charge on any atom is 0.417 e. The molecule has 0 aliphatic carbocycles. The number of hydrogen-bond acceptors (Lipinski definition) is 5. The number of carbonyl (C=O) groups is 2. The largest absolute Gasteiger partial charge is 0.464 e. The third-order valence-corrected chi connectivity index (χ3v) is 2.86. The van der Waals surface area contributed by atoms with Crippen molar-refractivity contribution in [1.29, 1.82) is 0 Å². The maximum absolute atomic E-state index is 12.9. The zero-order valence-corrected chi connectivity index (χ0v) is 11.0. The molecule has 0 bridgehead atoms. The Balaban J connectivity index is 2.42. The number of halogens is 3. The van der Waals surface area contributed by atoms with Gasteiger partial charge >= 0.3 is 18.1 Å². The molecule has 0 saturated carbocycles. The fourth-order valence-corrected chi connectivity index (χ4v) is 1.96. The molecule has 1 heterocycles. The van der Waals surface area contributed by atoms with Gasteiger partial charge in [0.05, 0.1) is 23.4 Å². The van der Waals surface area contributed by atoms with E-state index in [2.05, 4.69) is 5.32 Å². The van der Waals surface area contributed by atoms with Gasteiger partial charge in [0.25, 0.3) is 0 Å². The molecule has 0 aromatic heterocycles. The molecular weight excluding hydrogens is 291 g/mol. The van der Waals surface area contributed by atoms with Crippen molar-refractivity contribution in [2.24, 2.45) is 0 Å². The maximum atomic E-state index is 12.9. The summed E-state index contributed by atoms with van der Waals surface area (Å²) >= 11 is 0. The molecule has 8 heteroatoms. The van der Waals surface area contributed by atoms with E-state index in [1.54, 1.807) is 6.92 Å².